The normalized spacial score (nSPS) is 9.38. The molecule has 3 heteroatoms. The van der Waals surface area contributed by atoms with E-state index < -0.39 is 0 Å². The molecule has 1 aromatic rings. The lowest BCUT2D eigenvalue weighted by molar-refractivity contribution is 0.254. The zero-order valence-corrected chi connectivity index (χ0v) is 7.63. The van der Waals surface area contributed by atoms with Gasteiger partial charge in [0, 0.05) is 12.7 Å². The number of nitrogens with one attached hydrogen (secondary N) is 2. The van der Waals surface area contributed by atoms with Gasteiger partial charge in [0.25, 0.3) is 0 Å². The Morgan fingerprint density at radius 1 is 1.54 bits per heavy atom. The lowest BCUT2D eigenvalue weighted by Crippen LogP contribution is -2.24. The van der Waals surface area contributed by atoms with Gasteiger partial charge in [0.15, 0.2) is 0 Å². The zero-order valence-electron chi connectivity index (χ0n) is 7.63. The Balaban J connectivity index is 2.71. The Morgan fingerprint density at radius 3 is 2.92 bits per heavy atom. The quantitative estimate of drug-likeness (QED) is 0.710. The molecule has 0 unspecified atom stereocenters. The van der Waals surface area contributed by atoms with E-state index in [1.807, 2.05) is 24.3 Å². The van der Waals surface area contributed by atoms with Gasteiger partial charge in [0.2, 0.25) is 0 Å². The number of hydrogen-bond donors (Lipinski definition) is 2. The van der Waals surface area contributed by atoms with E-state index in [1.165, 1.54) is 0 Å². The van der Waals surface area contributed by atoms with Gasteiger partial charge in [-0.3, -0.25) is 0 Å². The third-order valence-corrected chi connectivity index (χ3v) is 1.70. The molecule has 2 N–H and O–H groups in total. The molecule has 1 aromatic carbocycles. The highest BCUT2D eigenvalue weighted by Gasteiger charge is 1.97. The van der Waals surface area contributed by atoms with Crippen LogP contribution in [0.3, 0.4) is 0 Å². The lowest BCUT2D eigenvalue weighted by atomic mass is 10.1. The molecule has 0 spiro atoms. The lowest BCUT2D eigenvalue weighted by Gasteiger charge is -2.05. The number of rotatable bonds is 2. The van der Waals surface area contributed by atoms with E-state index in [1.54, 1.807) is 7.05 Å². The molecule has 1 rings (SSSR count). The van der Waals surface area contributed by atoms with Crippen molar-refractivity contribution in [1.29, 1.82) is 0 Å². The Labute approximate surface area is 78.2 Å². The van der Waals surface area contributed by atoms with Crippen LogP contribution in [0.25, 0.3) is 0 Å². The number of anilines is 1. The molecule has 0 aliphatic rings. The van der Waals surface area contributed by atoms with Gasteiger partial charge in [-0.15, -0.1) is 0 Å². The number of benzene rings is 1. The van der Waals surface area contributed by atoms with Crippen LogP contribution in [0, 0.1) is 6.92 Å². The fraction of sp³-hybridized carbons (Fsp3) is 0.200. The van der Waals surface area contributed by atoms with Gasteiger partial charge >= 0.3 is 6.03 Å². The first kappa shape index (κ1) is 9.58. The second-order valence-electron chi connectivity index (χ2n) is 2.65. The summed E-state index contributed by atoms with van der Waals surface area (Å²) in [6.45, 7) is 3.77. The summed E-state index contributed by atoms with van der Waals surface area (Å²) in [5.74, 6) is 0. The predicted octanol–water partition coefficient (Wildman–Crippen LogP) is 1.81. The van der Waals surface area contributed by atoms with Crippen molar-refractivity contribution in [1.82, 2.24) is 5.32 Å². The molecule has 0 aromatic heterocycles. The van der Waals surface area contributed by atoms with E-state index >= 15 is 0 Å². The molecule has 0 heterocycles. The van der Waals surface area contributed by atoms with Crippen molar-refractivity contribution in [2.24, 2.45) is 0 Å². The summed E-state index contributed by atoms with van der Waals surface area (Å²) in [4.78, 5) is 10.9. The van der Waals surface area contributed by atoms with Crippen LogP contribution < -0.4 is 10.6 Å². The minimum atomic E-state index is -0.207. The van der Waals surface area contributed by atoms with E-state index in [0.717, 1.165) is 17.7 Å². The second-order valence-corrected chi connectivity index (χ2v) is 2.65. The van der Waals surface area contributed by atoms with E-state index in [2.05, 4.69) is 17.6 Å². The summed E-state index contributed by atoms with van der Waals surface area (Å²) in [6, 6.07) is 7.41. The Hall–Kier alpha value is -1.51. The van der Waals surface area contributed by atoms with Gasteiger partial charge in [-0.1, -0.05) is 12.1 Å². The maximum Gasteiger partial charge on any atom is 0.318 e. The topological polar surface area (TPSA) is 41.1 Å². The Kier molecular flexibility index (Phi) is 3.31. The van der Waals surface area contributed by atoms with Crippen LogP contribution in [0.15, 0.2) is 24.3 Å². The number of carbonyl (C=O) groups is 1. The maximum atomic E-state index is 10.9. The van der Waals surface area contributed by atoms with Crippen LogP contribution in [-0.2, 0) is 6.42 Å². The summed E-state index contributed by atoms with van der Waals surface area (Å²) in [5.41, 5.74) is 1.90. The van der Waals surface area contributed by atoms with Gasteiger partial charge in [0.05, 0.1) is 0 Å². The van der Waals surface area contributed by atoms with Gasteiger partial charge in [-0.25, -0.2) is 4.79 Å². The SMILES string of the molecule is [CH2]Cc1cccc(NC(=O)NC)c1. The molecule has 0 aliphatic carbocycles. The highest BCUT2D eigenvalue weighted by atomic mass is 16.2. The Morgan fingerprint density at radius 2 is 2.31 bits per heavy atom. The maximum absolute atomic E-state index is 10.9. The van der Waals surface area contributed by atoms with Crippen LogP contribution in [0.4, 0.5) is 10.5 Å². The number of amides is 2. The van der Waals surface area contributed by atoms with Crippen LogP contribution in [0.1, 0.15) is 5.56 Å². The first-order chi connectivity index (χ1) is 6.26. The summed E-state index contributed by atoms with van der Waals surface area (Å²) < 4.78 is 0. The predicted molar refractivity (Wildman–Crippen MR) is 53.6 cm³/mol. The zero-order chi connectivity index (χ0) is 9.68. The molecule has 2 amide bonds. The molecule has 13 heavy (non-hydrogen) atoms. The number of carbonyl (C=O) groups excluding carboxylic acids is 1. The summed E-state index contributed by atoms with van der Waals surface area (Å²) in [7, 11) is 1.58. The molecule has 0 saturated heterocycles. The average molecular weight is 177 g/mol. The number of urea groups is 1. The highest BCUT2D eigenvalue weighted by molar-refractivity contribution is 5.89. The summed E-state index contributed by atoms with van der Waals surface area (Å²) in [6.07, 6.45) is 0.725. The largest absolute Gasteiger partial charge is 0.341 e. The van der Waals surface area contributed by atoms with E-state index in [4.69, 9.17) is 0 Å². The molecule has 0 bridgehead atoms. The molecule has 1 radical (unpaired) electrons. The van der Waals surface area contributed by atoms with E-state index in [-0.39, 0.29) is 6.03 Å². The molecule has 3 nitrogen and oxygen atoms in total. The van der Waals surface area contributed by atoms with Crippen LogP contribution in [0.5, 0.6) is 0 Å². The van der Waals surface area contributed by atoms with E-state index in [9.17, 15) is 4.79 Å². The third kappa shape index (κ3) is 2.78. The standard InChI is InChI=1S/C10H13N2O/c1-3-8-5-4-6-9(7-8)12-10(13)11-2/h4-7H,1,3H2,2H3,(H2,11,12,13). The minimum Gasteiger partial charge on any atom is -0.341 e. The first-order valence-electron chi connectivity index (χ1n) is 4.13. The van der Waals surface area contributed by atoms with Crippen molar-refractivity contribution in [2.45, 2.75) is 6.42 Å². The fourth-order valence-corrected chi connectivity index (χ4v) is 0.998. The Bertz CT molecular complexity index is 297. The fourth-order valence-electron chi connectivity index (χ4n) is 0.998. The molecule has 0 saturated carbocycles. The molecule has 0 fully saturated rings. The smallest absolute Gasteiger partial charge is 0.318 e. The van der Waals surface area contributed by atoms with Crippen LogP contribution >= 0.6 is 0 Å². The molecule has 0 aliphatic heterocycles. The van der Waals surface area contributed by atoms with Gasteiger partial charge < -0.3 is 10.6 Å². The van der Waals surface area contributed by atoms with Crippen molar-refractivity contribution >= 4 is 11.7 Å². The number of hydrogen-bond acceptors (Lipinski definition) is 1. The van der Waals surface area contributed by atoms with Gasteiger partial charge in [-0.05, 0) is 31.0 Å². The summed E-state index contributed by atoms with van der Waals surface area (Å²) >= 11 is 0. The first-order valence-corrected chi connectivity index (χ1v) is 4.13. The monoisotopic (exact) mass is 177 g/mol. The minimum absolute atomic E-state index is 0.207. The van der Waals surface area contributed by atoms with Crippen molar-refractivity contribution < 1.29 is 4.79 Å². The molecule has 69 valence electrons. The van der Waals surface area contributed by atoms with Crippen molar-refractivity contribution in [3.63, 3.8) is 0 Å². The van der Waals surface area contributed by atoms with Gasteiger partial charge in [0.1, 0.15) is 0 Å². The third-order valence-electron chi connectivity index (χ3n) is 1.70. The molecular formula is C10H13N2O. The highest BCUT2D eigenvalue weighted by Crippen LogP contribution is 2.10. The summed E-state index contributed by atoms with van der Waals surface area (Å²) in [5, 5.41) is 5.17. The molecule has 0 atom stereocenters. The van der Waals surface area contributed by atoms with Crippen LogP contribution in [-0.4, -0.2) is 13.1 Å². The van der Waals surface area contributed by atoms with Crippen LogP contribution in [0.2, 0.25) is 0 Å². The van der Waals surface area contributed by atoms with E-state index in [0.29, 0.717) is 0 Å². The second kappa shape index (κ2) is 4.50. The van der Waals surface area contributed by atoms with Crippen molar-refractivity contribution in [3.05, 3.63) is 36.8 Å². The average Bonchev–Trinajstić information content (AvgIpc) is 2.18. The van der Waals surface area contributed by atoms with Gasteiger partial charge in [-0.2, -0.15) is 0 Å². The molecular weight excluding hydrogens is 164 g/mol. The van der Waals surface area contributed by atoms with Crippen molar-refractivity contribution in [3.8, 4) is 0 Å². The van der Waals surface area contributed by atoms with Crippen molar-refractivity contribution in [2.75, 3.05) is 12.4 Å².